The number of aromatic carboxylic acids is 1. The van der Waals surface area contributed by atoms with Crippen molar-refractivity contribution in [3.63, 3.8) is 0 Å². The van der Waals surface area contributed by atoms with Gasteiger partial charge in [-0.1, -0.05) is 12.1 Å². The molecule has 1 aliphatic rings. The number of hydrogen-bond acceptors (Lipinski definition) is 3. The lowest BCUT2D eigenvalue weighted by atomic mass is 10.1. The molecule has 8 heteroatoms. The lowest BCUT2D eigenvalue weighted by Gasteiger charge is -2.26. The van der Waals surface area contributed by atoms with Crippen molar-refractivity contribution >= 4 is 29.3 Å². The zero-order valence-corrected chi connectivity index (χ0v) is 14.4. The van der Waals surface area contributed by atoms with Gasteiger partial charge in [0.1, 0.15) is 5.37 Å². The normalized spacial score (nSPS) is 17.6. The van der Waals surface area contributed by atoms with Crippen LogP contribution in [0.4, 0.5) is 18.9 Å². The van der Waals surface area contributed by atoms with Crippen LogP contribution in [0.5, 0.6) is 0 Å². The first-order chi connectivity index (χ1) is 12.2. The minimum atomic E-state index is -4.47. The SMILES string of the molecule is Cc1cc(C(=O)O)ccc1N1C(=O)CSC1c1cccc(C(F)(F)F)c1. The molecule has 0 radical (unpaired) electrons. The summed E-state index contributed by atoms with van der Waals surface area (Å²) in [6.45, 7) is 1.67. The third kappa shape index (κ3) is 3.41. The maximum atomic E-state index is 13.0. The Morgan fingerprint density at radius 2 is 1.96 bits per heavy atom. The number of carbonyl (C=O) groups is 2. The van der Waals surface area contributed by atoms with E-state index in [4.69, 9.17) is 5.11 Å². The minimum absolute atomic E-state index is 0.0844. The monoisotopic (exact) mass is 381 g/mol. The summed E-state index contributed by atoms with van der Waals surface area (Å²) >= 11 is 1.24. The van der Waals surface area contributed by atoms with Gasteiger partial charge in [0.15, 0.2) is 0 Å². The van der Waals surface area contributed by atoms with Crippen LogP contribution >= 0.6 is 11.8 Å². The van der Waals surface area contributed by atoms with Gasteiger partial charge in [-0.15, -0.1) is 11.8 Å². The number of rotatable bonds is 3. The second-order valence-corrected chi connectivity index (χ2v) is 6.93. The number of hydrogen-bond donors (Lipinski definition) is 1. The average molecular weight is 381 g/mol. The molecular formula is C18H14F3NO3S. The smallest absolute Gasteiger partial charge is 0.416 e. The molecular weight excluding hydrogens is 367 g/mol. The largest absolute Gasteiger partial charge is 0.478 e. The molecule has 1 heterocycles. The molecule has 0 spiro atoms. The highest BCUT2D eigenvalue weighted by Gasteiger charge is 2.37. The van der Waals surface area contributed by atoms with Gasteiger partial charge in [-0.25, -0.2) is 4.79 Å². The number of amides is 1. The molecule has 3 rings (SSSR count). The number of aryl methyl sites for hydroxylation is 1. The lowest BCUT2D eigenvalue weighted by Crippen LogP contribution is -2.28. The molecule has 1 N–H and O–H groups in total. The quantitative estimate of drug-likeness (QED) is 0.851. The lowest BCUT2D eigenvalue weighted by molar-refractivity contribution is -0.137. The maximum absolute atomic E-state index is 13.0. The van der Waals surface area contributed by atoms with Gasteiger partial charge < -0.3 is 5.11 Å². The van der Waals surface area contributed by atoms with Crippen LogP contribution in [-0.4, -0.2) is 22.7 Å². The minimum Gasteiger partial charge on any atom is -0.478 e. The van der Waals surface area contributed by atoms with Crippen LogP contribution in [0, 0.1) is 6.92 Å². The van der Waals surface area contributed by atoms with Crippen molar-refractivity contribution in [2.75, 3.05) is 10.7 Å². The van der Waals surface area contributed by atoms with Gasteiger partial charge in [0, 0.05) is 5.69 Å². The number of halogens is 3. The fourth-order valence-electron chi connectivity index (χ4n) is 2.86. The molecule has 0 aromatic heterocycles. The highest BCUT2D eigenvalue weighted by atomic mass is 32.2. The van der Waals surface area contributed by atoms with E-state index < -0.39 is 23.1 Å². The summed E-state index contributed by atoms with van der Waals surface area (Å²) in [7, 11) is 0. The molecule has 0 aliphatic carbocycles. The van der Waals surface area contributed by atoms with Gasteiger partial charge >= 0.3 is 12.1 Å². The standard InChI is InChI=1S/C18H14F3NO3S/c1-10-7-12(17(24)25)5-6-14(10)22-15(23)9-26-16(22)11-3-2-4-13(8-11)18(19,20)21/h2-8,16H,9H2,1H3,(H,24,25). The molecule has 1 fully saturated rings. The number of carbonyl (C=O) groups excluding carboxylic acids is 1. The van der Waals surface area contributed by atoms with Crippen molar-refractivity contribution < 1.29 is 27.9 Å². The van der Waals surface area contributed by atoms with E-state index >= 15 is 0 Å². The highest BCUT2D eigenvalue weighted by Crippen LogP contribution is 2.44. The summed E-state index contributed by atoms with van der Waals surface area (Å²) in [5.41, 5.74) is 0.747. The van der Waals surface area contributed by atoms with Crippen LogP contribution in [0.25, 0.3) is 0 Å². The summed E-state index contributed by atoms with van der Waals surface area (Å²) < 4.78 is 39.0. The van der Waals surface area contributed by atoms with E-state index in [1.165, 1.54) is 40.9 Å². The average Bonchev–Trinajstić information content (AvgIpc) is 2.95. The van der Waals surface area contributed by atoms with Crippen molar-refractivity contribution in [2.45, 2.75) is 18.5 Å². The summed E-state index contributed by atoms with van der Waals surface area (Å²) in [6.07, 6.45) is -4.47. The van der Waals surface area contributed by atoms with Crippen LogP contribution in [0.1, 0.15) is 32.4 Å². The van der Waals surface area contributed by atoms with E-state index in [2.05, 4.69) is 0 Å². The molecule has 1 atom stereocenters. The number of benzene rings is 2. The van der Waals surface area contributed by atoms with Crippen molar-refractivity contribution in [2.24, 2.45) is 0 Å². The summed E-state index contributed by atoms with van der Waals surface area (Å²) in [5, 5.41) is 8.47. The van der Waals surface area contributed by atoms with E-state index in [1.54, 1.807) is 13.0 Å². The topological polar surface area (TPSA) is 57.6 Å². The Morgan fingerprint density at radius 3 is 2.58 bits per heavy atom. The van der Waals surface area contributed by atoms with Gasteiger partial charge in [-0.05, 0) is 48.4 Å². The summed E-state index contributed by atoms with van der Waals surface area (Å²) in [6, 6.07) is 9.25. The van der Waals surface area contributed by atoms with Crippen LogP contribution in [0.2, 0.25) is 0 Å². The fourth-order valence-corrected chi connectivity index (χ4v) is 4.02. The third-order valence-electron chi connectivity index (χ3n) is 4.07. The zero-order valence-electron chi connectivity index (χ0n) is 13.6. The molecule has 2 aromatic carbocycles. The molecule has 4 nitrogen and oxygen atoms in total. The molecule has 26 heavy (non-hydrogen) atoms. The molecule has 1 saturated heterocycles. The number of thioether (sulfide) groups is 1. The molecule has 1 unspecified atom stereocenters. The highest BCUT2D eigenvalue weighted by molar-refractivity contribution is 8.00. The van der Waals surface area contributed by atoms with E-state index in [1.807, 2.05) is 0 Å². The first-order valence-corrected chi connectivity index (χ1v) is 8.68. The molecule has 1 amide bonds. The second-order valence-electron chi connectivity index (χ2n) is 5.86. The summed E-state index contributed by atoms with van der Waals surface area (Å²) in [5.74, 6) is -1.18. The number of carboxylic acid groups (broad SMARTS) is 1. The number of carboxylic acids is 1. The van der Waals surface area contributed by atoms with Crippen molar-refractivity contribution in [3.05, 3.63) is 64.7 Å². The Labute approximate surface area is 151 Å². The Balaban J connectivity index is 2.02. The first kappa shape index (κ1) is 18.3. The number of nitrogens with zero attached hydrogens (tertiary/aromatic N) is 1. The van der Waals surface area contributed by atoms with Crippen molar-refractivity contribution in [3.8, 4) is 0 Å². The first-order valence-electron chi connectivity index (χ1n) is 7.63. The van der Waals surface area contributed by atoms with Crippen LogP contribution in [0.3, 0.4) is 0 Å². The van der Waals surface area contributed by atoms with Crippen LogP contribution in [-0.2, 0) is 11.0 Å². The van der Waals surface area contributed by atoms with Gasteiger partial charge in [0.2, 0.25) is 5.91 Å². The Morgan fingerprint density at radius 1 is 1.23 bits per heavy atom. The Kier molecular flexibility index (Phi) is 4.70. The van der Waals surface area contributed by atoms with E-state index in [9.17, 15) is 22.8 Å². The van der Waals surface area contributed by atoms with E-state index in [0.29, 0.717) is 16.8 Å². The van der Waals surface area contributed by atoms with E-state index in [0.717, 1.165) is 12.1 Å². The Hall–Kier alpha value is -2.48. The zero-order chi connectivity index (χ0) is 19.1. The van der Waals surface area contributed by atoms with Crippen LogP contribution < -0.4 is 4.90 Å². The molecule has 1 aliphatic heterocycles. The van der Waals surface area contributed by atoms with Crippen LogP contribution in [0.15, 0.2) is 42.5 Å². The predicted molar refractivity (Wildman–Crippen MR) is 92.3 cm³/mol. The maximum Gasteiger partial charge on any atom is 0.416 e. The summed E-state index contributed by atoms with van der Waals surface area (Å²) in [4.78, 5) is 24.9. The van der Waals surface area contributed by atoms with Gasteiger partial charge in [-0.2, -0.15) is 13.2 Å². The Bertz CT molecular complexity index is 882. The van der Waals surface area contributed by atoms with Crippen molar-refractivity contribution in [1.29, 1.82) is 0 Å². The predicted octanol–water partition coefficient (Wildman–Crippen LogP) is 4.49. The second kappa shape index (κ2) is 6.68. The van der Waals surface area contributed by atoms with Gasteiger partial charge in [-0.3, -0.25) is 9.69 Å². The molecule has 0 bridgehead atoms. The molecule has 136 valence electrons. The molecule has 2 aromatic rings. The van der Waals surface area contributed by atoms with Crippen molar-refractivity contribution in [1.82, 2.24) is 0 Å². The number of alkyl halides is 3. The van der Waals surface area contributed by atoms with Gasteiger partial charge in [0.25, 0.3) is 0 Å². The third-order valence-corrected chi connectivity index (χ3v) is 5.28. The van der Waals surface area contributed by atoms with E-state index in [-0.39, 0.29) is 17.2 Å². The number of anilines is 1. The fraction of sp³-hybridized carbons (Fsp3) is 0.222. The molecule has 0 saturated carbocycles. The van der Waals surface area contributed by atoms with Gasteiger partial charge in [0.05, 0.1) is 16.9 Å².